The molecule has 1 aliphatic heterocycles. The van der Waals surface area contributed by atoms with Crippen molar-refractivity contribution in [1.82, 2.24) is 19.8 Å². The number of carbonyl (C=O) groups is 1. The molecule has 0 spiro atoms. The van der Waals surface area contributed by atoms with Crippen LogP contribution >= 0.6 is 0 Å². The van der Waals surface area contributed by atoms with Crippen LogP contribution in [0.4, 0.5) is 0 Å². The van der Waals surface area contributed by atoms with Gasteiger partial charge in [0.1, 0.15) is 5.76 Å². The molecule has 1 saturated carbocycles. The minimum atomic E-state index is -0.227. The number of aliphatic hydroxyl groups is 1. The van der Waals surface area contributed by atoms with Gasteiger partial charge in [-0.2, -0.15) is 5.10 Å². The smallest absolute Gasteiger partial charge is 0.276 e. The molecule has 2 aromatic heterocycles. The zero-order valence-corrected chi connectivity index (χ0v) is 12.2. The Balaban J connectivity index is 1.60. The Bertz CT molecular complexity index is 689. The van der Waals surface area contributed by atoms with Gasteiger partial charge in [0, 0.05) is 24.7 Å². The number of nitrogens with zero attached hydrogens (tertiary/aromatic N) is 4. The monoisotopic (exact) mass is 302 g/mol. The Morgan fingerprint density at radius 2 is 2.27 bits per heavy atom. The lowest BCUT2D eigenvalue weighted by Gasteiger charge is -2.27. The molecular weight excluding hydrogens is 284 g/mol. The van der Waals surface area contributed by atoms with Crippen LogP contribution in [0.15, 0.2) is 22.9 Å². The number of rotatable bonds is 3. The first-order valence-electron chi connectivity index (χ1n) is 7.65. The number of carbonyl (C=O) groups excluding carboxylic acids is 1. The lowest BCUT2D eigenvalue weighted by atomic mass is 10.1. The Hall–Kier alpha value is -2.15. The number of hydrogen-bond acceptors (Lipinski definition) is 5. The van der Waals surface area contributed by atoms with E-state index < -0.39 is 0 Å². The molecule has 2 aromatic rings. The van der Waals surface area contributed by atoms with Crippen LogP contribution in [0.25, 0.3) is 0 Å². The number of hydrogen-bond donors (Lipinski definition) is 1. The maximum atomic E-state index is 12.8. The van der Waals surface area contributed by atoms with Crippen molar-refractivity contribution < 1.29 is 14.4 Å². The average Bonchev–Trinajstić information content (AvgIpc) is 3.15. The summed E-state index contributed by atoms with van der Waals surface area (Å²) in [6.07, 6.45) is 4.61. The van der Waals surface area contributed by atoms with Crippen LogP contribution < -0.4 is 0 Å². The van der Waals surface area contributed by atoms with Crippen molar-refractivity contribution >= 4 is 5.91 Å². The fourth-order valence-corrected chi connectivity index (χ4v) is 2.95. The van der Waals surface area contributed by atoms with Gasteiger partial charge >= 0.3 is 0 Å². The van der Waals surface area contributed by atoms with Gasteiger partial charge in [0.2, 0.25) is 0 Å². The Morgan fingerprint density at radius 3 is 3.05 bits per heavy atom. The van der Waals surface area contributed by atoms with Crippen LogP contribution in [-0.4, -0.2) is 43.5 Å². The second-order valence-electron chi connectivity index (χ2n) is 5.99. The Morgan fingerprint density at radius 1 is 1.41 bits per heavy atom. The van der Waals surface area contributed by atoms with Crippen LogP contribution in [0.2, 0.25) is 0 Å². The van der Waals surface area contributed by atoms with Gasteiger partial charge in [-0.25, -0.2) is 0 Å². The summed E-state index contributed by atoms with van der Waals surface area (Å²) in [5.74, 6) is 1.03. The molecule has 1 atom stereocenters. The van der Waals surface area contributed by atoms with Gasteiger partial charge < -0.3 is 14.5 Å². The molecule has 0 radical (unpaired) electrons. The van der Waals surface area contributed by atoms with E-state index in [9.17, 15) is 9.90 Å². The molecule has 116 valence electrons. The predicted molar refractivity (Wildman–Crippen MR) is 76.1 cm³/mol. The highest BCUT2D eigenvalue weighted by Crippen LogP contribution is 2.40. The summed E-state index contributed by atoms with van der Waals surface area (Å²) in [5.41, 5.74) is 1.29. The molecule has 0 aromatic carbocycles. The third-order valence-electron chi connectivity index (χ3n) is 4.45. The second kappa shape index (κ2) is 5.24. The number of aromatic nitrogens is 3. The van der Waals surface area contributed by atoms with Crippen LogP contribution in [0.5, 0.6) is 0 Å². The minimum absolute atomic E-state index is 0.0656. The highest BCUT2D eigenvalue weighted by molar-refractivity contribution is 5.92. The Labute approximate surface area is 127 Å². The van der Waals surface area contributed by atoms with Crippen molar-refractivity contribution in [3.63, 3.8) is 0 Å². The Kier molecular flexibility index (Phi) is 3.22. The third kappa shape index (κ3) is 2.31. The molecule has 7 nitrogen and oxygen atoms in total. The SMILES string of the molecule is O=C(c1cc(C2CC2)on1)N1Cc2ccnn2CC[C@@H]1CO. The molecule has 3 heterocycles. The van der Waals surface area contributed by atoms with Gasteiger partial charge in [-0.15, -0.1) is 0 Å². The van der Waals surface area contributed by atoms with Crippen molar-refractivity contribution in [2.24, 2.45) is 0 Å². The van der Waals surface area contributed by atoms with Gasteiger partial charge in [-0.05, 0) is 25.3 Å². The molecular formula is C15H18N4O3. The van der Waals surface area contributed by atoms with E-state index in [1.807, 2.05) is 10.7 Å². The van der Waals surface area contributed by atoms with Crippen molar-refractivity contribution in [2.45, 2.75) is 44.3 Å². The first-order chi connectivity index (χ1) is 10.8. The van der Waals surface area contributed by atoms with E-state index in [-0.39, 0.29) is 18.6 Å². The van der Waals surface area contributed by atoms with Gasteiger partial charge in [-0.1, -0.05) is 5.16 Å². The van der Waals surface area contributed by atoms with E-state index in [4.69, 9.17) is 4.52 Å². The van der Waals surface area contributed by atoms with Crippen molar-refractivity contribution in [1.29, 1.82) is 0 Å². The molecule has 2 aliphatic rings. The summed E-state index contributed by atoms with van der Waals surface area (Å²) >= 11 is 0. The molecule has 22 heavy (non-hydrogen) atoms. The van der Waals surface area contributed by atoms with E-state index in [1.165, 1.54) is 0 Å². The summed E-state index contributed by atoms with van der Waals surface area (Å²) < 4.78 is 7.16. The van der Waals surface area contributed by atoms with Crippen LogP contribution in [-0.2, 0) is 13.1 Å². The largest absolute Gasteiger partial charge is 0.394 e. The number of amides is 1. The highest BCUT2D eigenvalue weighted by Gasteiger charge is 2.33. The standard InChI is InChI=1S/C15H18N4O3/c20-9-12-4-6-19-11(3-5-16-19)8-18(12)15(21)13-7-14(22-17-13)10-1-2-10/h3,5,7,10,12,20H,1-2,4,6,8-9H2/t12-/m1/s1. The first kappa shape index (κ1) is 13.5. The summed E-state index contributed by atoms with van der Waals surface area (Å²) in [7, 11) is 0. The quantitative estimate of drug-likeness (QED) is 0.919. The fourth-order valence-electron chi connectivity index (χ4n) is 2.95. The maximum Gasteiger partial charge on any atom is 0.276 e. The van der Waals surface area contributed by atoms with E-state index in [1.54, 1.807) is 17.2 Å². The average molecular weight is 302 g/mol. The molecule has 1 N–H and O–H groups in total. The number of aryl methyl sites for hydroxylation is 1. The van der Waals surface area contributed by atoms with E-state index in [0.717, 1.165) is 24.3 Å². The molecule has 0 unspecified atom stereocenters. The zero-order valence-electron chi connectivity index (χ0n) is 12.2. The number of aliphatic hydroxyl groups excluding tert-OH is 1. The molecule has 0 bridgehead atoms. The van der Waals surface area contributed by atoms with Gasteiger partial charge in [0.15, 0.2) is 5.69 Å². The third-order valence-corrected chi connectivity index (χ3v) is 4.45. The van der Waals surface area contributed by atoms with Crippen LogP contribution in [0, 0.1) is 0 Å². The van der Waals surface area contributed by atoms with Crippen LogP contribution in [0.3, 0.4) is 0 Å². The highest BCUT2D eigenvalue weighted by atomic mass is 16.5. The summed E-state index contributed by atoms with van der Waals surface area (Å²) in [4.78, 5) is 14.4. The zero-order chi connectivity index (χ0) is 15.1. The molecule has 4 rings (SSSR count). The lowest BCUT2D eigenvalue weighted by Crippen LogP contribution is -2.41. The summed E-state index contributed by atoms with van der Waals surface area (Å²) in [5, 5.41) is 17.8. The maximum absolute atomic E-state index is 12.8. The summed E-state index contributed by atoms with van der Waals surface area (Å²) in [6.45, 7) is 1.06. The lowest BCUT2D eigenvalue weighted by molar-refractivity contribution is 0.0558. The molecule has 1 fully saturated rings. The van der Waals surface area contributed by atoms with Gasteiger partial charge in [0.25, 0.3) is 5.91 Å². The van der Waals surface area contributed by atoms with E-state index in [2.05, 4.69) is 10.3 Å². The molecule has 0 saturated heterocycles. The second-order valence-corrected chi connectivity index (χ2v) is 5.99. The van der Waals surface area contributed by atoms with Gasteiger partial charge in [0.05, 0.1) is 24.9 Å². The topological polar surface area (TPSA) is 84.4 Å². The summed E-state index contributed by atoms with van der Waals surface area (Å²) in [6, 6.07) is 3.42. The fraction of sp³-hybridized carbons (Fsp3) is 0.533. The van der Waals surface area contributed by atoms with E-state index >= 15 is 0 Å². The minimum Gasteiger partial charge on any atom is -0.394 e. The molecule has 1 amide bonds. The first-order valence-corrected chi connectivity index (χ1v) is 7.65. The predicted octanol–water partition coefficient (Wildman–Crippen LogP) is 1.16. The molecule has 1 aliphatic carbocycles. The van der Waals surface area contributed by atoms with Gasteiger partial charge in [-0.3, -0.25) is 9.48 Å². The van der Waals surface area contributed by atoms with Crippen molar-refractivity contribution in [3.8, 4) is 0 Å². The number of fused-ring (bicyclic) bond motifs is 1. The van der Waals surface area contributed by atoms with Crippen LogP contribution in [0.1, 0.15) is 47.1 Å². The molecule has 7 heteroatoms. The van der Waals surface area contributed by atoms with Crippen molar-refractivity contribution in [3.05, 3.63) is 35.5 Å². The van der Waals surface area contributed by atoms with E-state index in [0.29, 0.717) is 31.1 Å². The normalized spacial score (nSPS) is 21.5. The van der Waals surface area contributed by atoms with Crippen molar-refractivity contribution in [2.75, 3.05) is 6.61 Å².